The lowest BCUT2D eigenvalue weighted by molar-refractivity contribution is -0.126. The Morgan fingerprint density at radius 1 is 0.302 bits per heavy atom. The molecule has 0 saturated carbocycles. The fraction of sp³-hybridized carbons (Fsp3) is 0.278. The molecule has 4 amide bonds. The molecule has 96 heavy (non-hydrogen) atoms. The molecular weight excluding hydrogens is 1560 g/mol. The van der Waals surface area contributed by atoms with E-state index >= 15 is 0 Å². The van der Waals surface area contributed by atoms with Crippen molar-refractivity contribution in [1.82, 2.24) is 0 Å². The molecule has 504 valence electrons. The molecular formula is C72H72Br4N4O12S4. The minimum Gasteiger partial charge on any atom is -0.481 e. The SMILES string of the molecule is CC(C)(C)c1cc2c(OCC(=O)N(O)c3ccc(Br)cc3)c(c1)Sc1cc(C(C)(C)C)cc(c1OCC(=O)N(O)c1ccc(Br)cc1)Sc1cc(C(C)(C)C)cc(c1OCC(=O)N(O)c1ccc(Br)cc1)Sc1cc(C(C)(C)C)cc(c1OCC(=O)N(O)c1ccc(Br)cc1)S2. The highest BCUT2D eigenvalue weighted by Crippen LogP contribution is 2.57. The van der Waals surface area contributed by atoms with Gasteiger partial charge in [-0.2, -0.15) is 20.3 Å². The number of hydroxylamine groups is 4. The van der Waals surface area contributed by atoms with Gasteiger partial charge in [0.25, 0.3) is 23.6 Å². The van der Waals surface area contributed by atoms with Gasteiger partial charge in [0.1, 0.15) is 23.0 Å². The first-order valence-electron chi connectivity index (χ1n) is 30.1. The molecule has 9 rings (SSSR count). The van der Waals surface area contributed by atoms with Crippen LogP contribution in [0.1, 0.15) is 105 Å². The van der Waals surface area contributed by atoms with Gasteiger partial charge in [0.2, 0.25) is 0 Å². The fourth-order valence-corrected chi connectivity index (χ4v) is 15.2. The first-order valence-corrected chi connectivity index (χ1v) is 36.5. The molecule has 24 heteroatoms. The Morgan fingerprint density at radius 2 is 0.448 bits per heavy atom. The van der Waals surface area contributed by atoms with E-state index in [1.165, 1.54) is 47.0 Å². The van der Waals surface area contributed by atoms with Crippen LogP contribution >= 0.6 is 111 Å². The number of hydrogen-bond donors (Lipinski definition) is 4. The zero-order valence-electron chi connectivity index (χ0n) is 54.7. The number of fused-ring (bicyclic) bond motifs is 8. The number of carbonyl (C=O) groups excluding carboxylic acids is 4. The average Bonchev–Trinajstić information content (AvgIpc) is 0.768. The van der Waals surface area contributed by atoms with Crippen LogP contribution in [0.25, 0.3) is 0 Å². The number of amides is 4. The summed E-state index contributed by atoms with van der Waals surface area (Å²) in [6.45, 7) is 22.1. The summed E-state index contributed by atoms with van der Waals surface area (Å²) in [5.41, 5.74) is 1.94. The second-order valence-electron chi connectivity index (χ2n) is 26.5. The van der Waals surface area contributed by atoms with Crippen molar-refractivity contribution in [3.05, 3.63) is 186 Å². The Labute approximate surface area is 610 Å². The predicted octanol–water partition coefficient (Wildman–Crippen LogP) is 20.0. The van der Waals surface area contributed by atoms with Gasteiger partial charge in [-0.15, -0.1) is 0 Å². The van der Waals surface area contributed by atoms with E-state index < -0.39 is 71.7 Å². The number of ether oxygens (including phenoxy) is 4. The van der Waals surface area contributed by atoms with Gasteiger partial charge < -0.3 is 18.9 Å². The van der Waals surface area contributed by atoms with Crippen molar-refractivity contribution < 1.29 is 59.0 Å². The van der Waals surface area contributed by atoms with Crippen LogP contribution in [-0.4, -0.2) is 70.9 Å². The van der Waals surface area contributed by atoms with Crippen LogP contribution in [0.15, 0.2) is 203 Å². The summed E-state index contributed by atoms with van der Waals surface area (Å²) in [5.74, 6) is -2.33. The van der Waals surface area contributed by atoms with E-state index in [1.54, 1.807) is 97.1 Å². The lowest BCUT2D eigenvalue weighted by Crippen LogP contribution is -2.32. The van der Waals surface area contributed by atoms with Crippen LogP contribution in [0.3, 0.4) is 0 Å². The molecule has 0 aliphatic carbocycles. The van der Waals surface area contributed by atoms with E-state index in [0.717, 1.165) is 40.1 Å². The summed E-state index contributed by atoms with van der Waals surface area (Å²) in [6, 6.07) is 42.0. The molecule has 16 nitrogen and oxygen atoms in total. The van der Waals surface area contributed by atoms with Crippen molar-refractivity contribution in [2.24, 2.45) is 0 Å². The van der Waals surface area contributed by atoms with Crippen LogP contribution in [0, 0.1) is 0 Å². The highest BCUT2D eigenvalue weighted by Gasteiger charge is 2.33. The van der Waals surface area contributed by atoms with E-state index in [0.29, 0.717) is 59.4 Å². The Morgan fingerprint density at radius 3 is 0.583 bits per heavy atom. The number of nitrogens with zero attached hydrogens (tertiary/aromatic N) is 4. The number of anilines is 4. The van der Waals surface area contributed by atoms with Gasteiger partial charge in [0, 0.05) is 17.9 Å². The van der Waals surface area contributed by atoms with Gasteiger partial charge >= 0.3 is 0 Å². The normalized spacial score (nSPS) is 12.5. The molecule has 1 heterocycles. The highest BCUT2D eigenvalue weighted by molar-refractivity contribution is 9.11. The van der Waals surface area contributed by atoms with Gasteiger partial charge in [-0.05, 0) is 190 Å². The average molecular weight is 1630 g/mol. The molecule has 0 spiro atoms. The van der Waals surface area contributed by atoms with E-state index in [2.05, 4.69) is 147 Å². The maximum atomic E-state index is 14.3. The molecule has 8 aromatic carbocycles. The minimum absolute atomic E-state index is 0.195. The highest BCUT2D eigenvalue weighted by atomic mass is 79.9. The van der Waals surface area contributed by atoms with E-state index in [-0.39, 0.29) is 45.7 Å². The van der Waals surface area contributed by atoms with Crippen LogP contribution in [0.5, 0.6) is 23.0 Å². The topological polar surface area (TPSA) is 199 Å². The predicted molar refractivity (Wildman–Crippen MR) is 393 cm³/mol. The summed E-state index contributed by atoms with van der Waals surface area (Å²) in [6.07, 6.45) is 0. The maximum absolute atomic E-state index is 14.3. The molecule has 0 atom stereocenters. The number of halogens is 4. The van der Waals surface area contributed by atoms with Crippen LogP contribution < -0.4 is 39.2 Å². The summed E-state index contributed by atoms with van der Waals surface area (Å²) in [5, 5.41) is 48.0. The summed E-state index contributed by atoms with van der Waals surface area (Å²) in [4.78, 5) is 61.2. The van der Waals surface area contributed by atoms with E-state index in [9.17, 15) is 40.0 Å². The third-order valence-electron chi connectivity index (χ3n) is 15.0. The van der Waals surface area contributed by atoms with E-state index in [1.807, 2.05) is 48.5 Å². The molecule has 1 aliphatic rings. The Hall–Kier alpha value is -6.00. The van der Waals surface area contributed by atoms with Crippen molar-refractivity contribution in [2.45, 2.75) is 144 Å². The number of carbonyl (C=O) groups is 4. The van der Waals surface area contributed by atoms with Crippen molar-refractivity contribution in [3.63, 3.8) is 0 Å². The lowest BCUT2D eigenvalue weighted by Gasteiger charge is -2.28. The molecule has 0 unspecified atom stereocenters. The summed E-state index contributed by atoms with van der Waals surface area (Å²) < 4.78 is 30.3. The molecule has 4 N–H and O–H groups in total. The molecule has 0 saturated heterocycles. The third-order valence-corrected chi connectivity index (χ3v) is 21.3. The largest absolute Gasteiger partial charge is 0.481 e. The summed E-state index contributed by atoms with van der Waals surface area (Å²) >= 11 is 18.7. The quantitative estimate of drug-likeness (QED) is 0.0526. The second-order valence-corrected chi connectivity index (χ2v) is 34.5. The fourth-order valence-electron chi connectivity index (χ4n) is 9.37. The number of rotatable bonds is 16. The van der Waals surface area contributed by atoms with Gasteiger partial charge in [0.15, 0.2) is 26.4 Å². The van der Waals surface area contributed by atoms with Crippen molar-refractivity contribution in [1.29, 1.82) is 0 Å². The van der Waals surface area contributed by atoms with Crippen molar-refractivity contribution >= 4 is 157 Å². The molecule has 0 fully saturated rings. The van der Waals surface area contributed by atoms with Crippen molar-refractivity contribution in [2.75, 3.05) is 46.7 Å². The van der Waals surface area contributed by atoms with Gasteiger partial charge in [0.05, 0.1) is 61.9 Å². The Kier molecular flexibility index (Phi) is 23.7. The van der Waals surface area contributed by atoms with Gasteiger partial charge in [-0.1, -0.05) is 194 Å². The molecule has 1 aliphatic heterocycles. The standard InChI is InChI=1S/C72H72Br4N4O12S4/c1-69(2,3)41-29-53-65(89-37-61(81)77(85)49-21-13-45(73)14-22-49)54(30-41)94-56-32-43(71(7,8)9)34-58(67(56)91-39-63(83)79(87)51-25-17-47(75)18-26-51)96-60-36-44(72(10,11)12)35-59(68(60)92-40-64(84)80(88)52-27-19-48(76)20-28-52)95-57-33-42(70(4,5)6)31-55(93-53)66(57)90-38-62(82)78(86)50-23-15-46(74)16-24-50/h13-36,85-88H,37-40H2,1-12H3. The zero-order chi connectivity index (χ0) is 69.9. The van der Waals surface area contributed by atoms with Gasteiger partial charge in [-0.3, -0.25) is 40.0 Å². The van der Waals surface area contributed by atoms with Gasteiger partial charge in [-0.25, -0.2) is 0 Å². The molecule has 8 bridgehead atoms. The third kappa shape index (κ3) is 18.5. The molecule has 0 radical (unpaired) electrons. The van der Waals surface area contributed by atoms with Crippen LogP contribution in [-0.2, 0) is 40.8 Å². The maximum Gasteiger partial charge on any atom is 0.288 e. The Balaban J connectivity index is 1.35. The second kappa shape index (κ2) is 30.6. The Bertz CT molecular complexity index is 3580. The lowest BCUT2D eigenvalue weighted by atomic mass is 9.87. The molecule has 8 aromatic rings. The van der Waals surface area contributed by atoms with Crippen molar-refractivity contribution in [3.8, 4) is 23.0 Å². The van der Waals surface area contributed by atoms with Crippen LogP contribution in [0.2, 0.25) is 0 Å². The monoisotopic (exact) mass is 1630 g/mol. The first-order chi connectivity index (χ1) is 45.0. The summed E-state index contributed by atoms with van der Waals surface area (Å²) in [7, 11) is 0. The minimum atomic E-state index is -0.799. The zero-order valence-corrected chi connectivity index (χ0v) is 64.3. The first kappa shape index (κ1) is 74.2. The van der Waals surface area contributed by atoms with E-state index in [4.69, 9.17) is 18.9 Å². The molecule has 0 aromatic heterocycles. The van der Waals surface area contributed by atoms with Crippen LogP contribution in [0.4, 0.5) is 22.7 Å². The number of benzene rings is 8. The number of hydrogen-bond acceptors (Lipinski definition) is 16. The smallest absolute Gasteiger partial charge is 0.288 e.